The maximum absolute atomic E-state index is 10.8. The van der Waals surface area contributed by atoms with Gasteiger partial charge in [0.1, 0.15) is 0 Å². The SMILES string of the molecule is C=C/C=C\N=C(/N)N1CCN(Cc2cc(CNCc3cccc4ccccc34)cc(OC)c2O)CC1. The second-order valence-electron chi connectivity index (χ2n) is 8.88. The average molecular weight is 486 g/mol. The largest absolute Gasteiger partial charge is 0.504 e. The molecule has 0 radical (unpaired) electrons. The number of aromatic hydroxyl groups is 1. The molecule has 3 aromatic carbocycles. The molecule has 0 atom stereocenters. The van der Waals surface area contributed by atoms with Gasteiger partial charge in [0.2, 0.25) is 0 Å². The van der Waals surface area contributed by atoms with Gasteiger partial charge in [0.25, 0.3) is 0 Å². The summed E-state index contributed by atoms with van der Waals surface area (Å²) in [4.78, 5) is 8.63. The molecule has 1 aliphatic rings. The molecule has 0 spiro atoms. The number of benzene rings is 3. The number of phenols is 1. The van der Waals surface area contributed by atoms with E-state index in [-0.39, 0.29) is 5.75 Å². The summed E-state index contributed by atoms with van der Waals surface area (Å²) < 4.78 is 5.48. The van der Waals surface area contributed by atoms with Crippen LogP contribution in [0.2, 0.25) is 0 Å². The van der Waals surface area contributed by atoms with Gasteiger partial charge in [-0.15, -0.1) is 0 Å². The number of guanidine groups is 1. The number of nitrogens with two attached hydrogens (primary N) is 1. The van der Waals surface area contributed by atoms with Crippen LogP contribution in [0.4, 0.5) is 0 Å². The molecule has 0 aromatic heterocycles. The van der Waals surface area contributed by atoms with E-state index in [9.17, 15) is 5.11 Å². The number of nitrogens with one attached hydrogen (secondary N) is 1. The molecular weight excluding hydrogens is 450 g/mol. The number of allylic oxidation sites excluding steroid dienone is 2. The highest BCUT2D eigenvalue weighted by atomic mass is 16.5. The summed E-state index contributed by atoms with van der Waals surface area (Å²) in [6, 6.07) is 18.8. The monoisotopic (exact) mass is 485 g/mol. The van der Waals surface area contributed by atoms with E-state index in [0.717, 1.165) is 43.9 Å². The van der Waals surface area contributed by atoms with Gasteiger partial charge in [-0.2, -0.15) is 0 Å². The minimum atomic E-state index is 0.202. The van der Waals surface area contributed by atoms with Crippen molar-refractivity contribution < 1.29 is 9.84 Å². The van der Waals surface area contributed by atoms with Crippen LogP contribution in [0.25, 0.3) is 10.8 Å². The van der Waals surface area contributed by atoms with Gasteiger partial charge in [-0.05, 0) is 40.1 Å². The standard InChI is InChI=1S/C29H35N5O2/c1-3-4-12-32-29(30)34-15-13-33(14-16-34)21-25-17-22(18-27(36-2)28(25)35)19-31-20-24-10-7-9-23-8-5-6-11-26(23)24/h3-12,17-18,31,35H,1,13-16,19-21H2,2H3,(H2,30,32)/b12-4-. The maximum Gasteiger partial charge on any atom is 0.195 e. The molecule has 4 rings (SSSR count). The van der Waals surface area contributed by atoms with E-state index in [1.54, 1.807) is 25.5 Å². The number of nitrogens with zero attached hydrogens (tertiary/aromatic N) is 3. The lowest BCUT2D eigenvalue weighted by Crippen LogP contribution is -2.50. The second-order valence-corrected chi connectivity index (χ2v) is 8.88. The highest BCUT2D eigenvalue weighted by Gasteiger charge is 2.20. The highest BCUT2D eigenvalue weighted by Crippen LogP contribution is 2.32. The fourth-order valence-corrected chi connectivity index (χ4v) is 4.53. The van der Waals surface area contributed by atoms with Crippen LogP contribution in [0.1, 0.15) is 16.7 Å². The number of piperazine rings is 1. The Morgan fingerprint density at radius 2 is 1.86 bits per heavy atom. The van der Waals surface area contributed by atoms with Gasteiger partial charge < -0.3 is 25.8 Å². The molecular formula is C29H35N5O2. The Hall–Kier alpha value is -3.81. The summed E-state index contributed by atoms with van der Waals surface area (Å²) in [5.74, 6) is 1.21. The fraction of sp³-hybridized carbons (Fsp3) is 0.276. The van der Waals surface area contributed by atoms with Crippen molar-refractivity contribution in [2.45, 2.75) is 19.6 Å². The Morgan fingerprint density at radius 1 is 1.08 bits per heavy atom. The third-order valence-corrected chi connectivity index (χ3v) is 6.48. The zero-order valence-corrected chi connectivity index (χ0v) is 20.9. The first-order valence-corrected chi connectivity index (χ1v) is 12.2. The molecule has 4 N–H and O–H groups in total. The Kier molecular flexibility index (Phi) is 8.60. The van der Waals surface area contributed by atoms with Crippen LogP contribution < -0.4 is 15.8 Å². The number of hydrogen-bond donors (Lipinski definition) is 3. The summed E-state index contributed by atoms with van der Waals surface area (Å²) in [5, 5.41) is 16.8. The summed E-state index contributed by atoms with van der Waals surface area (Å²) in [5.41, 5.74) is 9.29. The molecule has 7 nitrogen and oxygen atoms in total. The third-order valence-electron chi connectivity index (χ3n) is 6.48. The number of hydrogen-bond acceptors (Lipinski definition) is 5. The zero-order valence-electron chi connectivity index (χ0n) is 20.9. The average Bonchev–Trinajstić information content (AvgIpc) is 2.91. The molecule has 0 bridgehead atoms. The van der Waals surface area contributed by atoms with Gasteiger partial charge >= 0.3 is 0 Å². The number of phenolic OH excluding ortho intramolecular Hbond substituents is 1. The second kappa shape index (κ2) is 12.2. The van der Waals surface area contributed by atoms with E-state index < -0.39 is 0 Å². The molecule has 0 aliphatic carbocycles. The number of fused-ring (bicyclic) bond motifs is 1. The highest BCUT2D eigenvalue weighted by molar-refractivity contribution is 5.85. The van der Waals surface area contributed by atoms with Gasteiger partial charge in [0.15, 0.2) is 17.5 Å². The normalized spacial score (nSPS) is 15.0. The molecule has 188 valence electrons. The summed E-state index contributed by atoms with van der Waals surface area (Å²) in [6.07, 6.45) is 5.07. The van der Waals surface area contributed by atoms with E-state index in [4.69, 9.17) is 10.5 Å². The van der Waals surface area contributed by atoms with Crippen molar-refractivity contribution in [3.8, 4) is 11.5 Å². The first-order chi connectivity index (χ1) is 17.6. The van der Waals surface area contributed by atoms with Crippen molar-refractivity contribution >= 4 is 16.7 Å². The maximum atomic E-state index is 10.8. The van der Waals surface area contributed by atoms with Crippen molar-refractivity contribution in [1.82, 2.24) is 15.1 Å². The van der Waals surface area contributed by atoms with E-state index in [1.807, 2.05) is 6.07 Å². The summed E-state index contributed by atoms with van der Waals surface area (Å²) in [7, 11) is 1.59. The molecule has 7 heteroatoms. The van der Waals surface area contributed by atoms with Crippen molar-refractivity contribution in [3.05, 3.63) is 96.2 Å². The predicted molar refractivity (Wildman–Crippen MR) is 147 cm³/mol. The first-order valence-electron chi connectivity index (χ1n) is 12.2. The van der Waals surface area contributed by atoms with E-state index in [0.29, 0.717) is 24.8 Å². The smallest absolute Gasteiger partial charge is 0.195 e. The van der Waals surface area contributed by atoms with Crippen molar-refractivity contribution in [2.75, 3.05) is 33.3 Å². The van der Waals surface area contributed by atoms with Crippen molar-refractivity contribution in [1.29, 1.82) is 0 Å². The van der Waals surface area contributed by atoms with Gasteiger partial charge in [-0.25, -0.2) is 4.99 Å². The van der Waals surface area contributed by atoms with E-state index >= 15 is 0 Å². The van der Waals surface area contributed by atoms with Crippen LogP contribution in [0, 0.1) is 0 Å². The minimum absolute atomic E-state index is 0.202. The van der Waals surface area contributed by atoms with Crippen molar-refractivity contribution in [2.24, 2.45) is 10.7 Å². The molecule has 1 saturated heterocycles. The van der Waals surface area contributed by atoms with Gasteiger partial charge in [0, 0.05) is 57.6 Å². The Morgan fingerprint density at radius 3 is 2.64 bits per heavy atom. The Labute approximate surface area is 213 Å². The molecule has 3 aromatic rings. The summed E-state index contributed by atoms with van der Waals surface area (Å²) in [6.45, 7) is 8.92. The van der Waals surface area contributed by atoms with Gasteiger partial charge in [-0.1, -0.05) is 55.1 Å². The lowest BCUT2D eigenvalue weighted by atomic mass is 10.0. The number of aliphatic imine (C=N–C) groups is 1. The van der Waals surface area contributed by atoms with Crippen molar-refractivity contribution in [3.63, 3.8) is 0 Å². The van der Waals surface area contributed by atoms with Crippen LogP contribution in [-0.2, 0) is 19.6 Å². The Bertz CT molecular complexity index is 1240. The lowest BCUT2D eigenvalue weighted by Gasteiger charge is -2.35. The van der Waals surface area contributed by atoms with Gasteiger partial charge in [0.05, 0.1) is 7.11 Å². The van der Waals surface area contributed by atoms with Crippen LogP contribution >= 0.6 is 0 Å². The van der Waals surface area contributed by atoms with Crippen LogP contribution in [0.5, 0.6) is 11.5 Å². The third kappa shape index (κ3) is 6.24. The van der Waals surface area contributed by atoms with Crippen LogP contribution in [0.15, 0.2) is 84.5 Å². The topological polar surface area (TPSA) is 86.4 Å². The van der Waals surface area contributed by atoms with Crippen LogP contribution in [0.3, 0.4) is 0 Å². The predicted octanol–water partition coefficient (Wildman–Crippen LogP) is 3.98. The van der Waals surface area contributed by atoms with Gasteiger partial charge in [-0.3, -0.25) is 4.90 Å². The quantitative estimate of drug-likeness (QED) is 0.242. The summed E-state index contributed by atoms with van der Waals surface area (Å²) >= 11 is 0. The minimum Gasteiger partial charge on any atom is -0.504 e. The first kappa shape index (κ1) is 25.3. The molecule has 0 unspecified atom stereocenters. The van der Waals surface area contributed by atoms with E-state index in [2.05, 4.69) is 75.2 Å². The molecule has 1 aliphatic heterocycles. The Balaban J connectivity index is 1.39. The zero-order chi connectivity index (χ0) is 25.3. The molecule has 36 heavy (non-hydrogen) atoms. The van der Waals surface area contributed by atoms with Crippen LogP contribution in [-0.4, -0.2) is 54.2 Å². The number of methoxy groups -OCH3 is 1. The fourth-order valence-electron chi connectivity index (χ4n) is 4.53. The molecule has 0 saturated carbocycles. The number of rotatable bonds is 9. The lowest BCUT2D eigenvalue weighted by molar-refractivity contribution is 0.173. The number of ether oxygens (including phenoxy) is 1. The molecule has 0 amide bonds. The molecule has 1 heterocycles. The van der Waals surface area contributed by atoms with E-state index in [1.165, 1.54) is 16.3 Å². The molecule has 1 fully saturated rings.